The molecule has 2 aromatic heterocycles. The van der Waals surface area contributed by atoms with E-state index in [1.165, 1.54) is 0 Å². The zero-order valence-electron chi connectivity index (χ0n) is 16.2. The van der Waals surface area contributed by atoms with Gasteiger partial charge >= 0.3 is 0 Å². The van der Waals surface area contributed by atoms with E-state index in [9.17, 15) is 5.11 Å². The van der Waals surface area contributed by atoms with E-state index in [2.05, 4.69) is 42.5 Å². The van der Waals surface area contributed by atoms with E-state index in [1.54, 1.807) is 24.3 Å². The van der Waals surface area contributed by atoms with Crippen LogP contribution in [0.3, 0.4) is 0 Å². The molecule has 0 spiro atoms. The monoisotopic (exact) mass is 467 g/mol. The summed E-state index contributed by atoms with van der Waals surface area (Å²) in [5.41, 5.74) is 4.93. The topological polar surface area (TPSA) is 89.6 Å². The van der Waals surface area contributed by atoms with Crippen LogP contribution in [-0.2, 0) is 6.42 Å². The van der Waals surface area contributed by atoms with E-state index in [0.29, 0.717) is 28.9 Å². The number of aromatic amines is 2. The average Bonchev–Trinajstić information content (AvgIpc) is 3.48. The first-order valence-corrected chi connectivity index (χ1v) is 10.5. The average molecular weight is 468 g/mol. The Morgan fingerprint density at radius 3 is 2.80 bits per heavy atom. The van der Waals surface area contributed by atoms with Crippen molar-refractivity contribution >= 4 is 32.4 Å². The van der Waals surface area contributed by atoms with Crippen molar-refractivity contribution in [3.8, 4) is 28.4 Å². The Kier molecular flexibility index (Phi) is 4.67. The van der Waals surface area contributed by atoms with Gasteiger partial charge in [0.15, 0.2) is 11.6 Å². The van der Waals surface area contributed by atoms with Gasteiger partial charge in [0.05, 0.1) is 0 Å². The van der Waals surface area contributed by atoms with Crippen LogP contribution in [0.4, 0.5) is 4.39 Å². The van der Waals surface area contributed by atoms with Gasteiger partial charge in [0, 0.05) is 24.0 Å². The highest BCUT2D eigenvalue weighted by Gasteiger charge is 2.21. The van der Waals surface area contributed by atoms with Crippen LogP contribution in [0, 0.1) is 5.82 Å². The SMILES string of the molecule is CCc1cc(O)ccc1-c1ccc2c(-c3nc(C4=CCNC4)c(Br)[nH]3)[nH]nc2c1F. The van der Waals surface area contributed by atoms with Crippen LogP contribution in [0.5, 0.6) is 5.75 Å². The molecule has 4 N–H and O–H groups in total. The number of imidazole rings is 1. The van der Waals surface area contributed by atoms with Gasteiger partial charge in [-0.15, -0.1) is 0 Å². The van der Waals surface area contributed by atoms with Crippen molar-refractivity contribution < 1.29 is 9.50 Å². The van der Waals surface area contributed by atoms with Crippen molar-refractivity contribution in [3.05, 3.63) is 58.1 Å². The maximum atomic E-state index is 15.4. The number of fused-ring (bicyclic) bond motifs is 1. The molecule has 0 bridgehead atoms. The van der Waals surface area contributed by atoms with E-state index >= 15 is 4.39 Å². The third kappa shape index (κ3) is 3.03. The van der Waals surface area contributed by atoms with Crippen molar-refractivity contribution in [1.82, 2.24) is 25.5 Å². The minimum absolute atomic E-state index is 0.172. The fourth-order valence-electron chi connectivity index (χ4n) is 3.91. The molecule has 0 fully saturated rings. The second-order valence-corrected chi connectivity index (χ2v) is 8.02. The number of halogens is 2. The lowest BCUT2D eigenvalue weighted by atomic mass is 9.96. The predicted molar refractivity (Wildman–Crippen MR) is 119 cm³/mol. The third-order valence-electron chi connectivity index (χ3n) is 5.43. The number of phenols is 1. The largest absolute Gasteiger partial charge is 0.508 e. The maximum Gasteiger partial charge on any atom is 0.159 e. The van der Waals surface area contributed by atoms with Crippen molar-refractivity contribution in [2.75, 3.05) is 13.1 Å². The van der Waals surface area contributed by atoms with Crippen LogP contribution < -0.4 is 5.32 Å². The Morgan fingerprint density at radius 2 is 2.03 bits per heavy atom. The molecular formula is C22H19BrFN5O. The second-order valence-electron chi connectivity index (χ2n) is 7.23. The number of hydrogen-bond donors (Lipinski definition) is 4. The zero-order chi connectivity index (χ0) is 20.8. The van der Waals surface area contributed by atoms with Crippen LogP contribution in [0.1, 0.15) is 18.2 Å². The molecule has 152 valence electrons. The first kappa shape index (κ1) is 19.0. The Balaban J connectivity index is 1.61. The lowest BCUT2D eigenvalue weighted by Crippen LogP contribution is -2.07. The summed E-state index contributed by atoms with van der Waals surface area (Å²) in [7, 11) is 0. The first-order chi connectivity index (χ1) is 14.6. The number of aromatic hydroxyl groups is 1. The molecule has 0 aliphatic carbocycles. The van der Waals surface area contributed by atoms with Gasteiger partial charge in [-0.1, -0.05) is 25.1 Å². The van der Waals surface area contributed by atoms with Gasteiger partial charge < -0.3 is 15.4 Å². The molecule has 0 saturated carbocycles. The molecule has 6 nitrogen and oxygen atoms in total. The molecular weight excluding hydrogens is 449 g/mol. The Labute approximate surface area is 180 Å². The molecule has 0 radical (unpaired) electrons. The van der Waals surface area contributed by atoms with Crippen molar-refractivity contribution in [2.45, 2.75) is 13.3 Å². The normalized spacial score (nSPS) is 13.9. The highest BCUT2D eigenvalue weighted by atomic mass is 79.9. The molecule has 2 aromatic carbocycles. The van der Waals surface area contributed by atoms with Gasteiger partial charge in [-0.2, -0.15) is 5.10 Å². The van der Waals surface area contributed by atoms with Crippen LogP contribution in [0.25, 0.3) is 39.1 Å². The summed E-state index contributed by atoms with van der Waals surface area (Å²) in [6.45, 7) is 3.56. The minimum atomic E-state index is -0.399. The van der Waals surface area contributed by atoms with Crippen molar-refractivity contribution in [3.63, 3.8) is 0 Å². The summed E-state index contributed by atoms with van der Waals surface area (Å²) < 4.78 is 16.2. The maximum absolute atomic E-state index is 15.4. The number of aromatic nitrogens is 4. The lowest BCUT2D eigenvalue weighted by Gasteiger charge is -2.10. The zero-order valence-corrected chi connectivity index (χ0v) is 17.8. The summed E-state index contributed by atoms with van der Waals surface area (Å²) in [4.78, 5) is 7.92. The first-order valence-electron chi connectivity index (χ1n) is 9.71. The molecule has 8 heteroatoms. The number of rotatable bonds is 4. The molecule has 1 aliphatic rings. The summed E-state index contributed by atoms with van der Waals surface area (Å²) in [5, 5.41) is 20.8. The number of benzene rings is 2. The molecule has 1 aliphatic heterocycles. The summed E-state index contributed by atoms with van der Waals surface area (Å²) in [6.07, 6.45) is 2.78. The van der Waals surface area contributed by atoms with Gasteiger partial charge in [-0.3, -0.25) is 5.10 Å². The van der Waals surface area contributed by atoms with E-state index in [-0.39, 0.29) is 11.3 Å². The van der Waals surface area contributed by atoms with E-state index in [0.717, 1.165) is 40.1 Å². The van der Waals surface area contributed by atoms with Crippen LogP contribution in [0.2, 0.25) is 0 Å². The van der Waals surface area contributed by atoms with E-state index < -0.39 is 5.82 Å². The van der Waals surface area contributed by atoms with Crippen molar-refractivity contribution in [1.29, 1.82) is 0 Å². The molecule has 0 saturated heterocycles. The number of nitrogens with one attached hydrogen (secondary N) is 3. The second kappa shape index (κ2) is 7.37. The van der Waals surface area contributed by atoms with E-state index in [4.69, 9.17) is 4.98 Å². The number of aryl methyl sites for hydroxylation is 1. The fraction of sp³-hybridized carbons (Fsp3) is 0.182. The van der Waals surface area contributed by atoms with Crippen LogP contribution in [0.15, 0.2) is 41.0 Å². The Bertz CT molecular complexity index is 1310. The Hall–Kier alpha value is -2.97. The third-order valence-corrected chi connectivity index (χ3v) is 6.01. The molecule has 0 unspecified atom stereocenters. The van der Waals surface area contributed by atoms with Gasteiger partial charge in [0.1, 0.15) is 27.3 Å². The highest BCUT2D eigenvalue weighted by Crippen LogP contribution is 2.36. The number of nitrogens with zero attached hydrogens (tertiary/aromatic N) is 2. The molecule has 30 heavy (non-hydrogen) atoms. The quantitative estimate of drug-likeness (QED) is 0.347. The molecule has 0 atom stereocenters. The highest BCUT2D eigenvalue weighted by molar-refractivity contribution is 9.10. The summed E-state index contributed by atoms with van der Waals surface area (Å²) in [5.74, 6) is 0.369. The summed E-state index contributed by atoms with van der Waals surface area (Å²) >= 11 is 3.54. The van der Waals surface area contributed by atoms with Gasteiger partial charge in [-0.05, 0) is 57.2 Å². The van der Waals surface area contributed by atoms with E-state index in [1.807, 2.05) is 13.0 Å². The summed E-state index contributed by atoms with van der Waals surface area (Å²) in [6, 6.07) is 8.59. The molecule has 3 heterocycles. The minimum Gasteiger partial charge on any atom is -0.508 e. The molecule has 5 rings (SSSR count). The lowest BCUT2D eigenvalue weighted by molar-refractivity contribution is 0.474. The van der Waals surface area contributed by atoms with Crippen molar-refractivity contribution in [2.24, 2.45) is 0 Å². The van der Waals surface area contributed by atoms with Gasteiger partial charge in [-0.25, -0.2) is 9.37 Å². The molecule has 0 amide bonds. The van der Waals surface area contributed by atoms with Gasteiger partial charge in [0.25, 0.3) is 0 Å². The fourth-order valence-corrected chi connectivity index (χ4v) is 4.44. The number of phenolic OH excluding ortho intramolecular Hbond substituents is 1. The van der Waals surface area contributed by atoms with Crippen LogP contribution in [-0.4, -0.2) is 38.4 Å². The predicted octanol–water partition coefficient (Wildman–Crippen LogP) is 4.78. The molecule has 4 aromatic rings. The number of H-pyrrole nitrogens is 2. The standard InChI is InChI=1S/C22H19BrFN5O/c1-2-11-9-13(30)3-4-14(11)15-5-6-16-19(17(15)24)28-29-20(16)22-26-18(21(23)27-22)12-7-8-25-10-12/h3-7,9,25,30H,2,8,10H2,1H3,(H,26,27)(H,28,29). The van der Waals surface area contributed by atoms with Crippen LogP contribution >= 0.6 is 15.9 Å². The number of hydrogen-bond acceptors (Lipinski definition) is 4. The smallest absolute Gasteiger partial charge is 0.159 e. The Morgan fingerprint density at radius 1 is 1.20 bits per heavy atom. The van der Waals surface area contributed by atoms with Gasteiger partial charge in [0.2, 0.25) is 0 Å².